The molecule has 1 aliphatic heterocycles. The molecule has 90 valence electrons. The molecule has 0 amide bonds. The highest BCUT2D eigenvalue weighted by Crippen LogP contribution is 2.30. The van der Waals surface area contributed by atoms with Gasteiger partial charge >= 0.3 is 5.97 Å². The Morgan fingerprint density at radius 3 is 3.12 bits per heavy atom. The van der Waals surface area contributed by atoms with Crippen molar-refractivity contribution in [3.05, 3.63) is 29.3 Å². The smallest absolute Gasteiger partial charge is 0.313 e. The highest BCUT2D eigenvalue weighted by Gasteiger charge is 2.23. The standard InChI is InChI=1S/C12H12O4S/c13-5-8-1-2-11-9(3-8)4-10(16-11)6-17-7-12(14)15/h1-3,5,10H,4,6-7H2,(H,14,15)/t10-/m1/s1. The van der Waals surface area contributed by atoms with E-state index in [1.807, 2.05) is 6.07 Å². The molecule has 1 aromatic carbocycles. The molecule has 1 N–H and O–H groups in total. The third-order valence-corrected chi connectivity index (χ3v) is 3.55. The van der Waals surface area contributed by atoms with Gasteiger partial charge in [-0.05, 0) is 23.8 Å². The van der Waals surface area contributed by atoms with Crippen LogP contribution in [0.1, 0.15) is 15.9 Å². The quantitative estimate of drug-likeness (QED) is 0.807. The number of thioether (sulfide) groups is 1. The van der Waals surface area contributed by atoms with E-state index in [4.69, 9.17) is 9.84 Å². The third-order valence-electron chi connectivity index (χ3n) is 2.49. The first-order valence-electron chi connectivity index (χ1n) is 5.23. The predicted molar refractivity (Wildman–Crippen MR) is 64.9 cm³/mol. The number of carbonyl (C=O) groups is 2. The largest absolute Gasteiger partial charge is 0.489 e. The number of carboxylic acids is 1. The van der Waals surface area contributed by atoms with Crippen molar-refractivity contribution in [1.29, 1.82) is 0 Å². The normalized spacial score (nSPS) is 17.3. The van der Waals surface area contributed by atoms with E-state index in [0.29, 0.717) is 11.3 Å². The van der Waals surface area contributed by atoms with Gasteiger partial charge in [-0.25, -0.2) is 0 Å². The number of hydrogen-bond donors (Lipinski definition) is 1. The summed E-state index contributed by atoms with van der Waals surface area (Å²) in [5.74, 6) is 0.734. The lowest BCUT2D eigenvalue weighted by Crippen LogP contribution is -2.17. The monoisotopic (exact) mass is 252 g/mol. The van der Waals surface area contributed by atoms with Crippen LogP contribution in [-0.4, -0.2) is 35.0 Å². The van der Waals surface area contributed by atoms with Gasteiger partial charge in [0.2, 0.25) is 0 Å². The van der Waals surface area contributed by atoms with Crippen LogP contribution in [0.15, 0.2) is 18.2 Å². The van der Waals surface area contributed by atoms with Crippen LogP contribution >= 0.6 is 11.8 Å². The predicted octanol–water partition coefficient (Wildman–Crippen LogP) is 1.62. The van der Waals surface area contributed by atoms with Gasteiger partial charge in [0, 0.05) is 17.7 Å². The Morgan fingerprint density at radius 1 is 1.59 bits per heavy atom. The molecule has 0 fully saturated rings. The fraction of sp³-hybridized carbons (Fsp3) is 0.333. The van der Waals surface area contributed by atoms with Crippen LogP contribution in [0, 0.1) is 0 Å². The second-order valence-corrected chi connectivity index (χ2v) is 4.87. The third kappa shape index (κ3) is 3.00. The van der Waals surface area contributed by atoms with Crippen molar-refractivity contribution in [3.8, 4) is 5.75 Å². The minimum atomic E-state index is -0.811. The Hall–Kier alpha value is -1.49. The fourth-order valence-electron chi connectivity index (χ4n) is 1.78. The van der Waals surface area contributed by atoms with Gasteiger partial charge in [-0.2, -0.15) is 0 Å². The summed E-state index contributed by atoms with van der Waals surface area (Å²) < 4.78 is 5.66. The van der Waals surface area contributed by atoms with Crippen LogP contribution in [-0.2, 0) is 11.2 Å². The van der Waals surface area contributed by atoms with Crippen molar-refractivity contribution in [3.63, 3.8) is 0 Å². The van der Waals surface area contributed by atoms with E-state index in [1.165, 1.54) is 11.8 Å². The number of fused-ring (bicyclic) bond motifs is 1. The highest BCUT2D eigenvalue weighted by molar-refractivity contribution is 7.99. The maximum Gasteiger partial charge on any atom is 0.313 e. The van der Waals surface area contributed by atoms with Gasteiger partial charge in [0.25, 0.3) is 0 Å². The van der Waals surface area contributed by atoms with E-state index in [0.717, 1.165) is 24.0 Å². The first-order valence-corrected chi connectivity index (χ1v) is 6.39. The molecule has 0 saturated heterocycles. The van der Waals surface area contributed by atoms with E-state index < -0.39 is 5.97 Å². The number of ether oxygens (including phenoxy) is 1. The number of hydrogen-bond acceptors (Lipinski definition) is 4. The van der Waals surface area contributed by atoms with E-state index in [-0.39, 0.29) is 11.9 Å². The number of aldehydes is 1. The van der Waals surface area contributed by atoms with Crippen molar-refractivity contribution < 1.29 is 19.4 Å². The lowest BCUT2D eigenvalue weighted by atomic mass is 10.1. The number of benzene rings is 1. The van der Waals surface area contributed by atoms with Crippen LogP contribution < -0.4 is 4.74 Å². The average Bonchev–Trinajstić information content (AvgIpc) is 2.69. The van der Waals surface area contributed by atoms with E-state index in [2.05, 4.69) is 0 Å². The van der Waals surface area contributed by atoms with Gasteiger partial charge in [0.1, 0.15) is 18.1 Å². The molecule has 5 heteroatoms. The Bertz CT molecular complexity index is 444. The molecule has 0 saturated carbocycles. The Labute approximate surface area is 103 Å². The van der Waals surface area contributed by atoms with Crippen molar-refractivity contribution in [1.82, 2.24) is 0 Å². The molecule has 0 spiro atoms. The minimum Gasteiger partial charge on any atom is -0.489 e. The molecule has 4 nitrogen and oxygen atoms in total. The van der Waals surface area contributed by atoms with Gasteiger partial charge in [-0.15, -0.1) is 11.8 Å². The van der Waals surface area contributed by atoms with Gasteiger partial charge in [0.15, 0.2) is 0 Å². The maximum absolute atomic E-state index is 10.6. The number of aliphatic carboxylic acids is 1. The molecule has 1 atom stereocenters. The summed E-state index contributed by atoms with van der Waals surface area (Å²) in [5, 5.41) is 8.53. The number of carbonyl (C=O) groups excluding carboxylic acids is 1. The molecule has 1 heterocycles. The zero-order chi connectivity index (χ0) is 12.3. The maximum atomic E-state index is 10.6. The summed E-state index contributed by atoms with van der Waals surface area (Å²) in [4.78, 5) is 21.0. The van der Waals surface area contributed by atoms with E-state index in [1.54, 1.807) is 12.1 Å². The molecule has 2 rings (SSSR count). The van der Waals surface area contributed by atoms with E-state index in [9.17, 15) is 9.59 Å². The van der Waals surface area contributed by atoms with Gasteiger partial charge in [-0.3, -0.25) is 9.59 Å². The zero-order valence-corrected chi connectivity index (χ0v) is 9.90. The SMILES string of the molecule is O=Cc1ccc2c(c1)C[C@H](CSCC(=O)O)O2. The van der Waals surface area contributed by atoms with Crippen molar-refractivity contribution in [2.45, 2.75) is 12.5 Å². The second kappa shape index (κ2) is 5.23. The number of rotatable bonds is 5. The molecule has 0 bridgehead atoms. The lowest BCUT2D eigenvalue weighted by molar-refractivity contribution is -0.133. The van der Waals surface area contributed by atoms with Crippen molar-refractivity contribution in [2.75, 3.05) is 11.5 Å². The Kier molecular flexibility index (Phi) is 3.68. The second-order valence-electron chi connectivity index (χ2n) is 3.84. The summed E-state index contributed by atoms with van der Waals surface area (Å²) in [7, 11) is 0. The Morgan fingerprint density at radius 2 is 2.41 bits per heavy atom. The van der Waals surface area contributed by atoms with Crippen molar-refractivity contribution >= 4 is 24.0 Å². The molecule has 1 aliphatic rings. The summed E-state index contributed by atoms with van der Waals surface area (Å²) in [6.45, 7) is 0. The average molecular weight is 252 g/mol. The topological polar surface area (TPSA) is 63.6 Å². The van der Waals surface area contributed by atoms with Crippen LogP contribution in [0.25, 0.3) is 0 Å². The molecule has 0 aromatic heterocycles. The first kappa shape index (κ1) is 12.0. The molecule has 0 radical (unpaired) electrons. The summed E-state index contributed by atoms with van der Waals surface area (Å²) in [5.41, 5.74) is 1.67. The van der Waals surface area contributed by atoms with Crippen LogP contribution in [0.3, 0.4) is 0 Å². The summed E-state index contributed by atoms with van der Waals surface area (Å²) >= 11 is 1.35. The lowest BCUT2D eigenvalue weighted by Gasteiger charge is -2.08. The molecular weight excluding hydrogens is 240 g/mol. The molecular formula is C12H12O4S. The molecule has 1 aromatic rings. The fourth-order valence-corrected chi connectivity index (χ4v) is 2.53. The Balaban J connectivity index is 1.92. The van der Waals surface area contributed by atoms with Crippen LogP contribution in [0.5, 0.6) is 5.75 Å². The molecule has 17 heavy (non-hydrogen) atoms. The van der Waals surface area contributed by atoms with E-state index >= 15 is 0 Å². The first-order chi connectivity index (χ1) is 8.19. The minimum absolute atomic E-state index is 0.0104. The summed E-state index contributed by atoms with van der Waals surface area (Å²) in [6.07, 6.45) is 1.56. The highest BCUT2D eigenvalue weighted by atomic mass is 32.2. The van der Waals surface area contributed by atoms with Crippen LogP contribution in [0.4, 0.5) is 0 Å². The molecule has 0 unspecified atom stereocenters. The van der Waals surface area contributed by atoms with Crippen molar-refractivity contribution in [2.24, 2.45) is 0 Å². The van der Waals surface area contributed by atoms with Gasteiger partial charge < -0.3 is 9.84 Å². The number of carboxylic acid groups (broad SMARTS) is 1. The van der Waals surface area contributed by atoms with Gasteiger partial charge in [-0.1, -0.05) is 0 Å². The molecule has 0 aliphatic carbocycles. The zero-order valence-electron chi connectivity index (χ0n) is 9.09. The van der Waals surface area contributed by atoms with Crippen LogP contribution in [0.2, 0.25) is 0 Å². The van der Waals surface area contributed by atoms with Gasteiger partial charge in [0.05, 0.1) is 5.75 Å². The summed E-state index contributed by atoms with van der Waals surface area (Å²) in [6, 6.07) is 5.34.